The molecule has 6 heteroatoms. The molecule has 0 radical (unpaired) electrons. The van der Waals surface area contributed by atoms with Crippen molar-refractivity contribution < 1.29 is 9.53 Å². The maximum Gasteiger partial charge on any atom is 0.254 e. The second kappa shape index (κ2) is 6.89. The van der Waals surface area contributed by atoms with Crippen LogP contribution in [0.25, 0.3) is 10.9 Å². The van der Waals surface area contributed by atoms with E-state index in [1.54, 1.807) is 18.3 Å². The lowest BCUT2D eigenvalue weighted by Crippen LogP contribution is -2.44. The van der Waals surface area contributed by atoms with Gasteiger partial charge in [0.1, 0.15) is 6.10 Å². The van der Waals surface area contributed by atoms with Crippen LogP contribution in [0.1, 0.15) is 28.8 Å². The molecule has 1 amide bonds. The van der Waals surface area contributed by atoms with Crippen molar-refractivity contribution in [2.45, 2.75) is 18.9 Å². The molecule has 0 saturated carbocycles. The van der Waals surface area contributed by atoms with Crippen LogP contribution in [0.4, 0.5) is 0 Å². The molecule has 6 nitrogen and oxygen atoms in total. The van der Waals surface area contributed by atoms with Gasteiger partial charge in [-0.25, -0.2) is 4.98 Å². The summed E-state index contributed by atoms with van der Waals surface area (Å²) in [6.45, 7) is 1.23. The van der Waals surface area contributed by atoms with Crippen molar-refractivity contribution in [3.63, 3.8) is 0 Å². The normalized spacial score (nSPS) is 17.0. The molecule has 1 aliphatic rings. The van der Waals surface area contributed by atoms with E-state index < -0.39 is 0 Å². The number of rotatable bonds is 3. The summed E-state index contributed by atoms with van der Waals surface area (Å²) in [5.74, 6) is 0.435. The highest BCUT2D eigenvalue weighted by Gasteiger charge is 2.26. The number of aromatic amines is 1. The summed E-state index contributed by atoms with van der Waals surface area (Å²) in [6, 6.07) is 13.0. The Hall–Kier alpha value is -3.33. The summed E-state index contributed by atoms with van der Waals surface area (Å²) < 4.78 is 5.91. The molecular weight excluding hydrogens is 328 g/mol. The van der Waals surface area contributed by atoms with Crippen molar-refractivity contribution in [2.75, 3.05) is 13.1 Å². The van der Waals surface area contributed by atoms with Gasteiger partial charge in [-0.15, -0.1) is 0 Å². The summed E-state index contributed by atoms with van der Waals surface area (Å²) in [5, 5.41) is 10.1. The van der Waals surface area contributed by atoms with Gasteiger partial charge >= 0.3 is 0 Å². The van der Waals surface area contributed by atoms with Crippen molar-refractivity contribution in [1.29, 1.82) is 5.26 Å². The lowest BCUT2D eigenvalue weighted by atomic mass is 10.1. The monoisotopic (exact) mass is 346 g/mol. The van der Waals surface area contributed by atoms with Gasteiger partial charge in [-0.05, 0) is 42.5 Å². The summed E-state index contributed by atoms with van der Waals surface area (Å²) >= 11 is 0. The average molecular weight is 346 g/mol. The summed E-state index contributed by atoms with van der Waals surface area (Å²) in [7, 11) is 0. The summed E-state index contributed by atoms with van der Waals surface area (Å²) in [5.41, 5.74) is 2.14. The fourth-order valence-electron chi connectivity index (χ4n) is 3.30. The van der Waals surface area contributed by atoms with Crippen molar-refractivity contribution in [3.8, 4) is 11.9 Å². The molecule has 1 saturated heterocycles. The number of piperidine rings is 1. The van der Waals surface area contributed by atoms with E-state index in [1.807, 2.05) is 35.4 Å². The number of benzene rings is 1. The number of hydrogen-bond donors (Lipinski definition) is 1. The predicted molar refractivity (Wildman–Crippen MR) is 96.8 cm³/mol. The number of ether oxygens (including phenoxy) is 1. The van der Waals surface area contributed by atoms with Crippen LogP contribution in [-0.2, 0) is 0 Å². The molecule has 26 heavy (non-hydrogen) atoms. The van der Waals surface area contributed by atoms with E-state index in [4.69, 9.17) is 10.00 Å². The Balaban J connectivity index is 1.47. The van der Waals surface area contributed by atoms with E-state index in [1.165, 1.54) is 0 Å². The Morgan fingerprint density at radius 2 is 2.23 bits per heavy atom. The Bertz CT molecular complexity index is 989. The van der Waals surface area contributed by atoms with Crippen molar-refractivity contribution >= 4 is 16.8 Å². The van der Waals surface area contributed by atoms with Gasteiger partial charge in [0.2, 0.25) is 5.88 Å². The first-order chi connectivity index (χ1) is 12.7. The molecule has 4 rings (SSSR count). The smallest absolute Gasteiger partial charge is 0.254 e. The van der Waals surface area contributed by atoms with E-state index in [0.29, 0.717) is 30.1 Å². The third-order valence-electron chi connectivity index (χ3n) is 4.62. The van der Waals surface area contributed by atoms with Crippen molar-refractivity contribution in [3.05, 3.63) is 59.9 Å². The molecule has 1 aromatic carbocycles. The van der Waals surface area contributed by atoms with Crippen LogP contribution in [0.5, 0.6) is 5.88 Å². The number of likely N-dealkylation sites (tertiary alicyclic amines) is 1. The largest absolute Gasteiger partial charge is 0.472 e. The first kappa shape index (κ1) is 16.2. The predicted octanol–water partition coefficient (Wildman–Crippen LogP) is 3.12. The van der Waals surface area contributed by atoms with Gasteiger partial charge in [-0.2, -0.15) is 5.26 Å². The second-order valence-electron chi connectivity index (χ2n) is 6.41. The Morgan fingerprint density at radius 1 is 1.31 bits per heavy atom. The molecular formula is C20H18N4O2. The Labute approximate surface area is 151 Å². The lowest BCUT2D eigenvalue weighted by molar-refractivity contribution is 0.0528. The van der Waals surface area contributed by atoms with Crippen molar-refractivity contribution in [2.24, 2.45) is 0 Å². The third-order valence-corrected chi connectivity index (χ3v) is 4.62. The molecule has 1 unspecified atom stereocenters. The van der Waals surface area contributed by atoms with Gasteiger partial charge in [-0.1, -0.05) is 6.07 Å². The van der Waals surface area contributed by atoms with E-state index in [-0.39, 0.29) is 12.0 Å². The topological polar surface area (TPSA) is 82.0 Å². The van der Waals surface area contributed by atoms with Gasteiger partial charge in [-0.3, -0.25) is 4.79 Å². The number of fused-ring (bicyclic) bond motifs is 1. The molecule has 1 N–H and O–H groups in total. The molecule has 3 aromatic rings. The molecule has 3 heterocycles. The number of hydrogen-bond acceptors (Lipinski definition) is 4. The van der Waals surface area contributed by atoms with Gasteiger partial charge in [0.15, 0.2) is 0 Å². The number of nitriles is 1. The van der Waals surface area contributed by atoms with Crippen LogP contribution in [0.2, 0.25) is 0 Å². The van der Waals surface area contributed by atoms with Gasteiger partial charge in [0.25, 0.3) is 5.91 Å². The zero-order chi connectivity index (χ0) is 17.9. The number of aromatic nitrogens is 2. The van der Waals surface area contributed by atoms with Gasteiger partial charge < -0.3 is 14.6 Å². The number of amides is 1. The minimum atomic E-state index is -0.122. The van der Waals surface area contributed by atoms with E-state index in [0.717, 1.165) is 23.7 Å². The highest BCUT2D eigenvalue weighted by Crippen LogP contribution is 2.21. The zero-order valence-corrected chi connectivity index (χ0v) is 14.2. The van der Waals surface area contributed by atoms with Crippen LogP contribution in [-0.4, -0.2) is 40.0 Å². The lowest BCUT2D eigenvalue weighted by Gasteiger charge is -2.32. The minimum absolute atomic E-state index is 0.00790. The Morgan fingerprint density at radius 3 is 3.12 bits per heavy atom. The molecule has 2 aromatic heterocycles. The van der Waals surface area contributed by atoms with Crippen molar-refractivity contribution in [1.82, 2.24) is 14.9 Å². The molecule has 1 aliphatic heterocycles. The third kappa shape index (κ3) is 3.24. The first-order valence-electron chi connectivity index (χ1n) is 8.62. The quantitative estimate of drug-likeness (QED) is 0.790. The fraction of sp³-hybridized carbons (Fsp3) is 0.250. The number of H-pyrrole nitrogens is 1. The Kier molecular flexibility index (Phi) is 4.28. The van der Waals surface area contributed by atoms with Crippen LogP contribution in [0.3, 0.4) is 0 Å². The molecule has 1 atom stereocenters. The highest BCUT2D eigenvalue weighted by atomic mass is 16.5. The molecule has 0 aliphatic carbocycles. The first-order valence-corrected chi connectivity index (χ1v) is 8.62. The summed E-state index contributed by atoms with van der Waals surface area (Å²) in [4.78, 5) is 22.0. The number of nitrogens with zero attached hydrogens (tertiary/aromatic N) is 3. The SMILES string of the molecule is N#Cc1ccnc(OC2CCCN(C(=O)c3ccc4cc[nH]c4c3)C2)c1. The molecule has 0 spiro atoms. The fourth-order valence-corrected chi connectivity index (χ4v) is 3.30. The number of pyridine rings is 1. The standard InChI is InChI=1S/C20H18N4O2/c21-12-14-5-7-23-19(10-14)26-17-2-1-9-24(13-17)20(25)16-4-3-15-6-8-22-18(15)11-16/h3-8,10-11,17,22H,1-2,9,13H2. The van der Waals surface area contributed by atoms with Crippen LogP contribution < -0.4 is 4.74 Å². The number of carbonyl (C=O) groups excluding carboxylic acids is 1. The number of nitrogens with one attached hydrogen (secondary N) is 1. The van der Waals surface area contributed by atoms with E-state index >= 15 is 0 Å². The molecule has 0 bridgehead atoms. The highest BCUT2D eigenvalue weighted by molar-refractivity contribution is 5.98. The number of carbonyl (C=O) groups is 1. The minimum Gasteiger partial charge on any atom is -0.472 e. The maximum absolute atomic E-state index is 12.9. The van der Waals surface area contributed by atoms with Crippen LogP contribution in [0, 0.1) is 11.3 Å². The van der Waals surface area contributed by atoms with Gasteiger partial charge in [0, 0.05) is 36.1 Å². The molecule has 1 fully saturated rings. The molecule has 130 valence electrons. The second-order valence-corrected chi connectivity index (χ2v) is 6.41. The zero-order valence-electron chi connectivity index (χ0n) is 14.2. The maximum atomic E-state index is 12.9. The summed E-state index contributed by atoms with van der Waals surface area (Å²) in [6.07, 6.45) is 5.04. The van der Waals surface area contributed by atoms with E-state index in [2.05, 4.69) is 16.0 Å². The van der Waals surface area contributed by atoms with Gasteiger partial charge in [0.05, 0.1) is 18.2 Å². The van der Waals surface area contributed by atoms with Crippen LogP contribution in [0.15, 0.2) is 48.8 Å². The van der Waals surface area contributed by atoms with E-state index in [9.17, 15) is 4.79 Å². The average Bonchev–Trinajstić information content (AvgIpc) is 3.15. The van der Waals surface area contributed by atoms with Crippen LogP contribution >= 0.6 is 0 Å².